The monoisotopic (exact) mass is 280 g/mol. The van der Waals surface area contributed by atoms with Gasteiger partial charge in [0.05, 0.1) is 11.4 Å². The van der Waals surface area contributed by atoms with Gasteiger partial charge in [-0.2, -0.15) is 0 Å². The van der Waals surface area contributed by atoms with Crippen LogP contribution in [0.3, 0.4) is 0 Å². The lowest BCUT2D eigenvalue weighted by atomic mass is 10.1. The molecule has 1 aliphatic rings. The first-order valence-corrected chi connectivity index (χ1v) is 7.40. The molecule has 0 aromatic heterocycles. The second-order valence-corrected chi connectivity index (χ2v) is 5.44. The largest absolute Gasteiger partial charge is 0.371 e. The minimum atomic E-state index is 0.208. The molecular formula is C18H20N2O. The molecule has 3 rings (SSSR count). The van der Waals surface area contributed by atoms with Gasteiger partial charge in [0.2, 0.25) is 5.91 Å². The summed E-state index contributed by atoms with van der Waals surface area (Å²) in [4.78, 5) is 16.7. The quantitative estimate of drug-likeness (QED) is 0.862. The SMILES string of the molecule is CN1CCN(C(=O)CCc2ccccc2)c2ccccc21. The van der Waals surface area contributed by atoms with E-state index in [9.17, 15) is 4.79 Å². The minimum Gasteiger partial charge on any atom is -0.371 e. The zero-order valence-electron chi connectivity index (χ0n) is 12.3. The molecule has 0 saturated carbocycles. The van der Waals surface area contributed by atoms with Crippen molar-refractivity contribution < 1.29 is 4.79 Å². The lowest BCUT2D eigenvalue weighted by Crippen LogP contribution is -2.42. The van der Waals surface area contributed by atoms with Gasteiger partial charge in [0.25, 0.3) is 0 Å². The second-order valence-electron chi connectivity index (χ2n) is 5.44. The number of nitrogens with zero attached hydrogens (tertiary/aromatic N) is 2. The average Bonchev–Trinajstić information content (AvgIpc) is 2.54. The fourth-order valence-electron chi connectivity index (χ4n) is 2.80. The van der Waals surface area contributed by atoms with Gasteiger partial charge >= 0.3 is 0 Å². The number of benzene rings is 2. The number of para-hydroxylation sites is 2. The van der Waals surface area contributed by atoms with E-state index in [0.29, 0.717) is 6.42 Å². The van der Waals surface area contributed by atoms with Gasteiger partial charge in [-0.15, -0.1) is 0 Å². The highest BCUT2D eigenvalue weighted by molar-refractivity contribution is 5.97. The number of hydrogen-bond donors (Lipinski definition) is 0. The van der Waals surface area contributed by atoms with Gasteiger partial charge in [0, 0.05) is 26.6 Å². The third kappa shape index (κ3) is 2.92. The summed E-state index contributed by atoms with van der Waals surface area (Å²) < 4.78 is 0. The average molecular weight is 280 g/mol. The van der Waals surface area contributed by atoms with Crippen molar-refractivity contribution in [3.8, 4) is 0 Å². The normalized spacial score (nSPS) is 14.0. The van der Waals surface area contributed by atoms with Crippen LogP contribution in [0.15, 0.2) is 54.6 Å². The molecule has 21 heavy (non-hydrogen) atoms. The molecule has 0 N–H and O–H groups in total. The van der Waals surface area contributed by atoms with Gasteiger partial charge in [-0.1, -0.05) is 42.5 Å². The van der Waals surface area contributed by atoms with Gasteiger partial charge in [-0.3, -0.25) is 4.79 Å². The van der Waals surface area contributed by atoms with E-state index in [1.165, 1.54) is 5.56 Å². The lowest BCUT2D eigenvalue weighted by Gasteiger charge is -2.35. The summed E-state index contributed by atoms with van der Waals surface area (Å²) in [5.41, 5.74) is 3.38. The van der Waals surface area contributed by atoms with E-state index in [0.717, 1.165) is 30.9 Å². The Morgan fingerprint density at radius 2 is 1.62 bits per heavy atom. The Balaban J connectivity index is 1.72. The molecule has 0 spiro atoms. The molecule has 3 nitrogen and oxygen atoms in total. The summed E-state index contributed by atoms with van der Waals surface area (Å²) in [6.07, 6.45) is 1.36. The maximum absolute atomic E-state index is 12.5. The maximum Gasteiger partial charge on any atom is 0.227 e. The molecule has 108 valence electrons. The molecule has 0 atom stereocenters. The number of anilines is 2. The molecule has 2 aromatic rings. The molecule has 0 saturated heterocycles. The molecule has 1 amide bonds. The number of amides is 1. The predicted molar refractivity (Wildman–Crippen MR) is 86.8 cm³/mol. The maximum atomic E-state index is 12.5. The lowest BCUT2D eigenvalue weighted by molar-refractivity contribution is -0.118. The fourth-order valence-corrected chi connectivity index (χ4v) is 2.80. The Morgan fingerprint density at radius 1 is 0.952 bits per heavy atom. The van der Waals surface area contributed by atoms with Crippen molar-refractivity contribution >= 4 is 17.3 Å². The van der Waals surface area contributed by atoms with Gasteiger partial charge in [0.15, 0.2) is 0 Å². The third-order valence-electron chi connectivity index (χ3n) is 4.01. The molecule has 0 fully saturated rings. The van der Waals surface area contributed by atoms with Crippen molar-refractivity contribution in [3.05, 3.63) is 60.2 Å². The first-order valence-electron chi connectivity index (χ1n) is 7.40. The van der Waals surface area contributed by atoms with Gasteiger partial charge < -0.3 is 9.80 Å². The number of hydrogen-bond acceptors (Lipinski definition) is 2. The zero-order chi connectivity index (χ0) is 14.7. The van der Waals surface area contributed by atoms with E-state index in [2.05, 4.69) is 30.1 Å². The summed E-state index contributed by atoms with van der Waals surface area (Å²) in [5.74, 6) is 0.208. The van der Waals surface area contributed by atoms with Crippen LogP contribution in [0, 0.1) is 0 Å². The number of fused-ring (bicyclic) bond motifs is 1. The molecular weight excluding hydrogens is 260 g/mol. The molecule has 0 unspecified atom stereocenters. The fraction of sp³-hybridized carbons (Fsp3) is 0.278. The van der Waals surface area contributed by atoms with Crippen molar-refractivity contribution in [2.75, 3.05) is 29.9 Å². The molecule has 0 radical (unpaired) electrons. The second kappa shape index (κ2) is 6.00. The Bertz CT molecular complexity index is 624. The van der Waals surface area contributed by atoms with Crippen LogP contribution in [0.4, 0.5) is 11.4 Å². The smallest absolute Gasteiger partial charge is 0.227 e. The molecule has 1 heterocycles. The topological polar surface area (TPSA) is 23.6 Å². The summed E-state index contributed by atoms with van der Waals surface area (Å²) in [5, 5.41) is 0. The summed E-state index contributed by atoms with van der Waals surface area (Å²) >= 11 is 0. The highest BCUT2D eigenvalue weighted by Gasteiger charge is 2.24. The number of aryl methyl sites for hydroxylation is 1. The van der Waals surface area contributed by atoms with Gasteiger partial charge in [-0.25, -0.2) is 0 Å². The van der Waals surface area contributed by atoms with E-state index < -0.39 is 0 Å². The summed E-state index contributed by atoms with van der Waals surface area (Å²) in [6.45, 7) is 1.65. The van der Waals surface area contributed by atoms with Gasteiger partial charge in [0.1, 0.15) is 0 Å². The minimum absolute atomic E-state index is 0.208. The van der Waals surface area contributed by atoms with E-state index in [-0.39, 0.29) is 5.91 Å². The molecule has 3 heteroatoms. The van der Waals surface area contributed by atoms with Gasteiger partial charge in [-0.05, 0) is 24.1 Å². The molecule has 2 aromatic carbocycles. The van der Waals surface area contributed by atoms with Crippen molar-refractivity contribution in [2.24, 2.45) is 0 Å². The molecule has 0 aliphatic carbocycles. The van der Waals surface area contributed by atoms with Crippen LogP contribution in [0.1, 0.15) is 12.0 Å². The van der Waals surface area contributed by atoms with Crippen LogP contribution in [-0.4, -0.2) is 26.0 Å². The Hall–Kier alpha value is -2.29. The van der Waals surface area contributed by atoms with E-state index in [4.69, 9.17) is 0 Å². The number of carbonyl (C=O) groups is 1. The van der Waals surface area contributed by atoms with Crippen molar-refractivity contribution in [1.82, 2.24) is 0 Å². The first kappa shape index (κ1) is 13.7. The van der Waals surface area contributed by atoms with Crippen LogP contribution in [-0.2, 0) is 11.2 Å². The number of rotatable bonds is 3. The summed E-state index contributed by atoms with van der Waals surface area (Å²) in [7, 11) is 2.07. The molecule has 0 bridgehead atoms. The van der Waals surface area contributed by atoms with E-state index >= 15 is 0 Å². The molecule has 1 aliphatic heterocycles. The first-order chi connectivity index (χ1) is 10.3. The highest BCUT2D eigenvalue weighted by Crippen LogP contribution is 2.32. The number of likely N-dealkylation sites (N-methyl/N-ethyl adjacent to an activating group) is 1. The van der Waals surface area contributed by atoms with Crippen molar-refractivity contribution in [2.45, 2.75) is 12.8 Å². The van der Waals surface area contributed by atoms with Crippen LogP contribution in [0.5, 0.6) is 0 Å². The van der Waals surface area contributed by atoms with E-state index in [1.807, 2.05) is 41.3 Å². The Morgan fingerprint density at radius 3 is 2.38 bits per heavy atom. The van der Waals surface area contributed by atoms with Crippen LogP contribution in [0.25, 0.3) is 0 Å². The zero-order valence-corrected chi connectivity index (χ0v) is 12.3. The van der Waals surface area contributed by atoms with Crippen LogP contribution < -0.4 is 9.80 Å². The van der Waals surface area contributed by atoms with Crippen LogP contribution in [0.2, 0.25) is 0 Å². The van der Waals surface area contributed by atoms with E-state index in [1.54, 1.807) is 0 Å². The third-order valence-corrected chi connectivity index (χ3v) is 4.01. The number of carbonyl (C=O) groups excluding carboxylic acids is 1. The Kier molecular flexibility index (Phi) is 3.91. The predicted octanol–water partition coefficient (Wildman–Crippen LogP) is 3.10. The highest BCUT2D eigenvalue weighted by atomic mass is 16.2. The van der Waals surface area contributed by atoms with Crippen LogP contribution >= 0.6 is 0 Å². The Labute approximate surface area is 125 Å². The van der Waals surface area contributed by atoms with Crippen molar-refractivity contribution in [1.29, 1.82) is 0 Å². The van der Waals surface area contributed by atoms with Crippen molar-refractivity contribution in [3.63, 3.8) is 0 Å². The summed E-state index contributed by atoms with van der Waals surface area (Å²) in [6, 6.07) is 18.3. The standard InChI is InChI=1S/C18H20N2O/c1-19-13-14-20(17-10-6-5-9-16(17)19)18(21)12-11-15-7-3-2-4-8-15/h2-10H,11-14H2,1H3.